The average Bonchev–Trinajstić information content (AvgIpc) is 3.71. The normalized spacial score (nSPS) is 22.0. The van der Waals surface area contributed by atoms with Crippen LogP contribution in [0.25, 0.3) is 22.2 Å². The minimum atomic E-state index is -0.872. The molecule has 1 N–H and O–H groups in total. The van der Waals surface area contributed by atoms with Crippen molar-refractivity contribution in [2.24, 2.45) is 5.92 Å². The number of pyridine rings is 2. The number of nitrogens with one attached hydrogen (secondary N) is 1. The number of fused-ring (bicyclic) bond motifs is 1. The van der Waals surface area contributed by atoms with E-state index < -0.39 is 17.9 Å². The Morgan fingerprint density at radius 2 is 1.89 bits per heavy atom. The molecule has 0 spiro atoms. The largest absolute Gasteiger partial charge is 0.348 e. The molecule has 6 heterocycles. The summed E-state index contributed by atoms with van der Waals surface area (Å²) in [5, 5.41) is 8.00. The van der Waals surface area contributed by atoms with Gasteiger partial charge in [0.2, 0.25) is 11.8 Å². The third kappa shape index (κ3) is 6.45. The van der Waals surface area contributed by atoms with E-state index in [1.807, 2.05) is 26.8 Å². The van der Waals surface area contributed by atoms with Gasteiger partial charge in [0.1, 0.15) is 34.5 Å². The molecule has 0 radical (unpaired) electrons. The van der Waals surface area contributed by atoms with Gasteiger partial charge in [-0.3, -0.25) is 24.0 Å². The van der Waals surface area contributed by atoms with E-state index in [-0.39, 0.29) is 41.9 Å². The minimum absolute atomic E-state index is 0.202. The standard InChI is InChI=1S/C33H35BrN8O5/c1-7-24-21(27-16-46-33(5,6)47-27)11-25(32(45)39-31-17(2)8-9-28(34)38-31)42(24)29(44)15-41-26-14-37-23(20-12-35-19(4)36-13-20)10-22(26)30(40-41)18(3)43/h7-10,12-14,21,24-25,27H,1,11,15-16H2,2-6H3,(H,38,39,45)/t21-,24+,25-,27?/m0/s1. The van der Waals surface area contributed by atoms with Gasteiger partial charge in [0.25, 0.3) is 0 Å². The van der Waals surface area contributed by atoms with Crippen molar-refractivity contribution in [3.63, 3.8) is 0 Å². The molecule has 0 saturated carbocycles. The number of aromatic nitrogens is 6. The van der Waals surface area contributed by atoms with Gasteiger partial charge < -0.3 is 19.7 Å². The van der Waals surface area contributed by atoms with Crippen molar-refractivity contribution in [1.82, 2.24) is 34.6 Å². The maximum absolute atomic E-state index is 14.3. The van der Waals surface area contributed by atoms with E-state index in [4.69, 9.17) is 9.47 Å². The van der Waals surface area contributed by atoms with E-state index in [2.05, 4.69) is 52.9 Å². The van der Waals surface area contributed by atoms with Crippen LogP contribution in [0, 0.1) is 19.8 Å². The molecular formula is C33H35BrN8O5. The fourth-order valence-electron chi connectivity index (χ4n) is 6.26. The molecule has 4 atom stereocenters. The van der Waals surface area contributed by atoms with Gasteiger partial charge in [-0.25, -0.2) is 15.0 Å². The topological polar surface area (TPSA) is 154 Å². The fraction of sp³-hybridized carbons (Fsp3) is 0.394. The third-order valence-corrected chi connectivity index (χ3v) is 9.01. The van der Waals surface area contributed by atoms with Crippen molar-refractivity contribution < 1.29 is 23.9 Å². The second kappa shape index (κ2) is 12.7. The Morgan fingerprint density at radius 1 is 1.15 bits per heavy atom. The van der Waals surface area contributed by atoms with Crippen LogP contribution in [-0.4, -0.2) is 82.8 Å². The monoisotopic (exact) mass is 702 g/mol. The number of rotatable bonds is 8. The van der Waals surface area contributed by atoms with E-state index in [0.29, 0.717) is 51.4 Å². The molecule has 4 aromatic rings. The summed E-state index contributed by atoms with van der Waals surface area (Å²) >= 11 is 3.36. The Morgan fingerprint density at radius 3 is 2.55 bits per heavy atom. The van der Waals surface area contributed by atoms with Crippen LogP contribution in [0.1, 0.15) is 49.1 Å². The van der Waals surface area contributed by atoms with Crippen molar-refractivity contribution >= 4 is 50.2 Å². The van der Waals surface area contributed by atoms with Crippen molar-refractivity contribution in [3.05, 3.63) is 71.1 Å². The van der Waals surface area contributed by atoms with Gasteiger partial charge >= 0.3 is 0 Å². The molecule has 6 rings (SSSR count). The maximum Gasteiger partial charge on any atom is 0.248 e. The highest BCUT2D eigenvalue weighted by molar-refractivity contribution is 9.10. The van der Waals surface area contributed by atoms with E-state index in [1.165, 1.54) is 11.6 Å². The molecule has 47 heavy (non-hydrogen) atoms. The van der Waals surface area contributed by atoms with Gasteiger partial charge in [0, 0.05) is 36.2 Å². The van der Waals surface area contributed by atoms with Crippen molar-refractivity contribution in [3.8, 4) is 11.3 Å². The summed E-state index contributed by atoms with van der Waals surface area (Å²) < 4.78 is 14.1. The van der Waals surface area contributed by atoms with Gasteiger partial charge in [-0.2, -0.15) is 5.10 Å². The molecule has 2 fully saturated rings. The molecule has 0 aliphatic carbocycles. The zero-order valence-corrected chi connectivity index (χ0v) is 28.3. The Labute approximate surface area is 279 Å². The first-order valence-corrected chi connectivity index (χ1v) is 16.0. The van der Waals surface area contributed by atoms with Gasteiger partial charge in [-0.05, 0) is 67.7 Å². The molecule has 4 aromatic heterocycles. The first-order valence-electron chi connectivity index (χ1n) is 15.2. The smallest absolute Gasteiger partial charge is 0.248 e. The molecule has 2 aliphatic rings. The van der Waals surface area contributed by atoms with E-state index in [1.54, 1.807) is 48.6 Å². The van der Waals surface area contributed by atoms with Crippen LogP contribution in [0.4, 0.5) is 5.82 Å². The number of halogens is 1. The van der Waals surface area contributed by atoms with E-state index in [9.17, 15) is 14.4 Å². The number of ketones is 1. The lowest BCUT2D eigenvalue weighted by Crippen LogP contribution is -2.48. The van der Waals surface area contributed by atoms with Crippen molar-refractivity contribution in [2.75, 3.05) is 11.9 Å². The highest BCUT2D eigenvalue weighted by Crippen LogP contribution is 2.39. The summed E-state index contributed by atoms with van der Waals surface area (Å²) in [6, 6.07) is 3.96. The second-order valence-electron chi connectivity index (χ2n) is 12.3. The lowest BCUT2D eigenvalue weighted by Gasteiger charge is -2.30. The average molecular weight is 704 g/mol. The summed E-state index contributed by atoms with van der Waals surface area (Å²) in [6.07, 6.45) is 6.52. The predicted molar refractivity (Wildman–Crippen MR) is 176 cm³/mol. The maximum atomic E-state index is 14.3. The number of amides is 2. The zero-order chi connectivity index (χ0) is 33.6. The number of hydrogen-bond donors (Lipinski definition) is 1. The molecule has 1 unspecified atom stereocenters. The van der Waals surface area contributed by atoms with Crippen LogP contribution in [0.15, 0.2) is 54.0 Å². The molecule has 2 amide bonds. The number of carbonyl (C=O) groups is 3. The summed E-state index contributed by atoms with van der Waals surface area (Å²) in [6.45, 7) is 12.8. The number of hydrogen-bond acceptors (Lipinski definition) is 10. The summed E-state index contributed by atoms with van der Waals surface area (Å²) in [7, 11) is 0. The molecule has 0 bridgehead atoms. The Balaban J connectivity index is 1.35. The lowest BCUT2D eigenvalue weighted by molar-refractivity contribution is -0.146. The quantitative estimate of drug-likeness (QED) is 0.158. The first-order chi connectivity index (χ1) is 22.3. The molecule has 14 heteroatoms. The van der Waals surface area contributed by atoms with Crippen LogP contribution >= 0.6 is 15.9 Å². The lowest BCUT2D eigenvalue weighted by atomic mass is 9.93. The molecular weight excluding hydrogens is 668 g/mol. The second-order valence-corrected chi connectivity index (χ2v) is 13.1. The molecule has 13 nitrogen and oxygen atoms in total. The van der Waals surface area contributed by atoms with Crippen molar-refractivity contribution in [1.29, 1.82) is 0 Å². The summed E-state index contributed by atoms with van der Waals surface area (Å²) in [4.78, 5) is 60.0. The highest BCUT2D eigenvalue weighted by Gasteiger charge is 2.51. The molecule has 0 aromatic carbocycles. The van der Waals surface area contributed by atoms with Crippen LogP contribution in [0.5, 0.6) is 0 Å². The third-order valence-electron chi connectivity index (χ3n) is 8.57. The van der Waals surface area contributed by atoms with Crippen LogP contribution < -0.4 is 5.32 Å². The number of carbonyl (C=O) groups excluding carboxylic acids is 3. The molecule has 244 valence electrons. The predicted octanol–water partition coefficient (Wildman–Crippen LogP) is 4.43. The Bertz CT molecular complexity index is 1890. The van der Waals surface area contributed by atoms with Crippen LogP contribution in [0.2, 0.25) is 0 Å². The minimum Gasteiger partial charge on any atom is -0.348 e. The van der Waals surface area contributed by atoms with Gasteiger partial charge in [-0.15, -0.1) is 6.58 Å². The van der Waals surface area contributed by atoms with Gasteiger partial charge in [0.15, 0.2) is 11.6 Å². The fourth-order valence-corrected chi connectivity index (χ4v) is 6.57. The van der Waals surface area contributed by atoms with Crippen LogP contribution in [0.3, 0.4) is 0 Å². The number of aryl methyl sites for hydroxylation is 2. The molecule has 2 aliphatic heterocycles. The number of likely N-dealkylation sites (tertiary alicyclic amines) is 1. The van der Waals surface area contributed by atoms with Gasteiger partial charge in [-0.1, -0.05) is 12.1 Å². The SMILES string of the molecule is C=C[C@@H]1[C@@H](C2COC(C)(C)O2)C[C@@H](C(=O)Nc2nc(Br)ccc2C)N1C(=O)Cn1nc(C(C)=O)c2cc(-c3cnc(C)nc3)ncc21. The van der Waals surface area contributed by atoms with Crippen molar-refractivity contribution in [2.45, 2.75) is 71.6 Å². The Hall–Kier alpha value is -4.40. The number of Topliss-reactive ketones (excluding diaryl/α,β-unsaturated/α-hetero) is 1. The van der Waals surface area contributed by atoms with E-state index >= 15 is 0 Å². The Kier molecular flexibility index (Phi) is 8.76. The number of anilines is 1. The molecule has 2 saturated heterocycles. The zero-order valence-electron chi connectivity index (χ0n) is 26.7. The number of nitrogens with zero attached hydrogens (tertiary/aromatic N) is 7. The van der Waals surface area contributed by atoms with Crippen LogP contribution in [-0.2, 0) is 25.6 Å². The first kappa shape index (κ1) is 32.5. The number of ether oxygens (including phenoxy) is 2. The van der Waals surface area contributed by atoms with E-state index in [0.717, 1.165) is 5.56 Å². The van der Waals surface area contributed by atoms with Gasteiger partial charge in [0.05, 0.1) is 36.2 Å². The summed E-state index contributed by atoms with van der Waals surface area (Å²) in [5.41, 5.74) is 2.71. The summed E-state index contributed by atoms with van der Waals surface area (Å²) in [5.74, 6) is -1.09. The highest BCUT2D eigenvalue weighted by atomic mass is 79.9.